The SMILES string of the molecule is CCCCCCCCCCCCCCN(CCCCCCCCCCCCCC)C(=O)CCCCCN(CCO)CCN(CCCCCC(=O)OCCCCCCCCCCC)C1CCCCC1. The molecule has 0 aromatic carbocycles. The van der Waals surface area contributed by atoms with Crippen LogP contribution in [0.3, 0.4) is 0 Å². The Morgan fingerprint density at radius 3 is 1.24 bits per heavy atom. The molecule has 404 valence electrons. The summed E-state index contributed by atoms with van der Waals surface area (Å²) in [6.07, 6.45) is 58.1. The number of carbonyl (C=O) groups excluding carboxylic acids is 2. The quantitative estimate of drug-likeness (QED) is 0.0484. The van der Waals surface area contributed by atoms with Crippen LogP contribution in [0, 0.1) is 0 Å². The molecule has 0 aromatic rings. The summed E-state index contributed by atoms with van der Waals surface area (Å²) in [5.41, 5.74) is 0. The Hall–Kier alpha value is -1.18. The number of aliphatic hydroxyl groups is 1. The number of nitrogens with zero attached hydrogens (tertiary/aromatic N) is 3. The number of unbranched alkanes of at least 4 members (excludes halogenated alkanes) is 34. The highest BCUT2D eigenvalue weighted by Crippen LogP contribution is 2.24. The van der Waals surface area contributed by atoms with Gasteiger partial charge in [-0.1, -0.05) is 245 Å². The van der Waals surface area contributed by atoms with Gasteiger partial charge in [-0.25, -0.2) is 0 Å². The third-order valence-electron chi connectivity index (χ3n) is 15.3. The maximum absolute atomic E-state index is 13.7. The Balaban J connectivity index is 2.43. The van der Waals surface area contributed by atoms with Gasteiger partial charge in [0.25, 0.3) is 0 Å². The zero-order chi connectivity index (χ0) is 49.1. The lowest BCUT2D eigenvalue weighted by atomic mass is 9.94. The minimum absolute atomic E-state index is 0.0142. The van der Waals surface area contributed by atoms with Gasteiger partial charge in [0.2, 0.25) is 5.91 Å². The summed E-state index contributed by atoms with van der Waals surface area (Å²) in [6.45, 7) is 14.4. The molecule has 0 atom stereocenters. The van der Waals surface area contributed by atoms with Gasteiger partial charge in [0, 0.05) is 51.6 Å². The number of amides is 1. The number of aliphatic hydroxyl groups excluding tert-OH is 1. The molecule has 0 aliphatic heterocycles. The van der Waals surface area contributed by atoms with Crippen LogP contribution in [0.1, 0.15) is 316 Å². The largest absolute Gasteiger partial charge is 0.466 e. The third-order valence-corrected chi connectivity index (χ3v) is 15.3. The number of ether oxygens (including phenoxy) is 1. The first kappa shape index (κ1) is 64.8. The highest BCUT2D eigenvalue weighted by atomic mass is 16.5. The Labute approximate surface area is 425 Å². The second-order valence-corrected chi connectivity index (χ2v) is 21.7. The van der Waals surface area contributed by atoms with Crippen LogP contribution >= 0.6 is 0 Å². The van der Waals surface area contributed by atoms with Crippen molar-refractivity contribution in [2.24, 2.45) is 0 Å². The number of esters is 1. The van der Waals surface area contributed by atoms with Crippen LogP contribution in [-0.4, -0.2) is 96.8 Å². The zero-order valence-corrected chi connectivity index (χ0v) is 46.5. The van der Waals surface area contributed by atoms with Crippen LogP contribution in [0.2, 0.25) is 0 Å². The summed E-state index contributed by atoms with van der Waals surface area (Å²) in [5, 5.41) is 10.00. The van der Waals surface area contributed by atoms with Gasteiger partial charge in [-0.2, -0.15) is 0 Å². The molecule has 0 radical (unpaired) electrons. The van der Waals surface area contributed by atoms with E-state index in [0.717, 1.165) is 104 Å². The van der Waals surface area contributed by atoms with E-state index in [4.69, 9.17) is 4.74 Å². The molecule has 0 unspecified atom stereocenters. The summed E-state index contributed by atoms with van der Waals surface area (Å²) < 4.78 is 5.57. The molecule has 0 spiro atoms. The molecule has 1 N–H and O–H groups in total. The summed E-state index contributed by atoms with van der Waals surface area (Å²) >= 11 is 0. The van der Waals surface area contributed by atoms with Gasteiger partial charge in [-0.15, -0.1) is 0 Å². The van der Waals surface area contributed by atoms with E-state index in [1.54, 1.807) is 0 Å². The van der Waals surface area contributed by atoms with Crippen molar-refractivity contribution in [3.05, 3.63) is 0 Å². The van der Waals surface area contributed by atoms with Crippen molar-refractivity contribution >= 4 is 11.9 Å². The Bertz CT molecular complexity index is 1010. The highest BCUT2D eigenvalue weighted by Gasteiger charge is 2.22. The zero-order valence-electron chi connectivity index (χ0n) is 46.5. The van der Waals surface area contributed by atoms with Crippen molar-refractivity contribution in [2.45, 2.75) is 322 Å². The first-order valence-corrected chi connectivity index (χ1v) is 31.1. The maximum Gasteiger partial charge on any atom is 0.305 e. The van der Waals surface area contributed by atoms with Gasteiger partial charge >= 0.3 is 5.97 Å². The van der Waals surface area contributed by atoms with E-state index in [1.807, 2.05) is 0 Å². The molecule has 1 saturated carbocycles. The van der Waals surface area contributed by atoms with E-state index < -0.39 is 0 Å². The topological polar surface area (TPSA) is 73.3 Å². The number of hydrogen-bond acceptors (Lipinski definition) is 6. The molecule has 7 nitrogen and oxygen atoms in total. The molecule has 1 aliphatic rings. The van der Waals surface area contributed by atoms with E-state index >= 15 is 0 Å². The summed E-state index contributed by atoms with van der Waals surface area (Å²) in [4.78, 5) is 33.5. The van der Waals surface area contributed by atoms with Gasteiger partial charge in [0.15, 0.2) is 0 Å². The maximum atomic E-state index is 13.7. The standard InChI is InChI=1S/C61H121N3O4/c1-4-7-10-13-16-19-21-23-25-28-31-42-52-64(53-43-32-29-26-24-22-20-17-14-11-8-5-2)60(66)48-39-35-41-50-62(56-57-65)54-55-63(59-46-37-34-38-47-59)51-44-36-40-49-61(67)68-58-45-33-30-27-18-15-12-9-6-3/h59,65H,4-58H2,1-3H3. The number of carbonyl (C=O) groups is 2. The Morgan fingerprint density at radius 2 is 0.779 bits per heavy atom. The lowest BCUT2D eigenvalue weighted by Gasteiger charge is -2.36. The minimum atomic E-state index is -0.0142. The molecule has 1 aliphatic carbocycles. The normalized spacial score (nSPS) is 13.3. The van der Waals surface area contributed by atoms with Crippen molar-refractivity contribution in [1.29, 1.82) is 0 Å². The smallest absolute Gasteiger partial charge is 0.305 e. The molecule has 0 aromatic heterocycles. The third kappa shape index (κ3) is 42.5. The van der Waals surface area contributed by atoms with Crippen LogP contribution in [0.25, 0.3) is 0 Å². The monoisotopic (exact) mass is 960 g/mol. The predicted octanol–water partition coefficient (Wildman–Crippen LogP) is 17.3. The second kappa shape index (κ2) is 52.2. The van der Waals surface area contributed by atoms with Crippen LogP contribution in [0.15, 0.2) is 0 Å². The molecular formula is C61H121N3O4. The number of rotatable bonds is 54. The Kier molecular flexibility index (Phi) is 49.7. The van der Waals surface area contributed by atoms with Gasteiger partial charge in [0.1, 0.15) is 0 Å². The average Bonchev–Trinajstić information content (AvgIpc) is 3.35. The fourth-order valence-corrected chi connectivity index (χ4v) is 10.7. The fourth-order valence-electron chi connectivity index (χ4n) is 10.7. The van der Waals surface area contributed by atoms with Gasteiger partial charge in [-0.3, -0.25) is 19.4 Å². The summed E-state index contributed by atoms with van der Waals surface area (Å²) in [5.74, 6) is 0.372. The molecule has 0 bridgehead atoms. The van der Waals surface area contributed by atoms with Crippen LogP contribution < -0.4 is 0 Å². The molecule has 1 fully saturated rings. The summed E-state index contributed by atoms with van der Waals surface area (Å²) in [7, 11) is 0. The van der Waals surface area contributed by atoms with Gasteiger partial charge < -0.3 is 14.7 Å². The number of hydrogen-bond donors (Lipinski definition) is 1. The van der Waals surface area contributed by atoms with E-state index in [1.165, 1.54) is 225 Å². The van der Waals surface area contributed by atoms with Gasteiger partial charge in [0.05, 0.1) is 13.2 Å². The average molecular weight is 961 g/mol. The van der Waals surface area contributed by atoms with Crippen molar-refractivity contribution < 1.29 is 19.4 Å². The van der Waals surface area contributed by atoms with Crippen molar-refractivity contribution in [3.63, 3.8) is 0 Å². The summed E-state index contributed by atoms with van der Waals surface area (Å²) in [6, 6.07) is 0.666. The van der Waals surface area contributed by atoms with Gasteiger partial charge in [-0.05, 0) is 70.9 Å². The molecule has 7 heteroatoms. The van der Waals surface area contributed by atoms with E-state index in [-0.39, 0.29) is 12.6 Å². The van der Waals surface area contributed by atoms with Crippen LogP contribution in [0.5, 0.6) is 0 Å². The minimum Gasteiger partial charge on any atom is -0.466 e. The molecule has 1 rings (SSSR count). The molecule has 68 heavy (non-hydrogen) atoms. The van der Waals surface area contributed by atoms with E-state index in [0.29, 0.717) is 31.4 Å². The second-order valence-electron chi connectivity index (χ2n) is 21.7. The first-order chi connectivity index (χ1) is 33.5. The van der Waals surface area contributed by atoms with Crippen molar-refractivity contribution in [2.75, 3.05) is 59.0 Å². The van der Waals surface area contributed by atoms with Crippen LogP contribution in [-0.2, 0) is 14.3 Å². The molecule has 1 amide bonds. The predicted molar refractivity (Wildman–Crippen MR) is 296 cm³/mol. The van der Waals surface area contributed by atoms with Crippen molar-refractivity contribution in [3.8, 4) is 0 Å². The first-order valence-electron chi connectivity index (χ1n) is 31.1. The van der Waals surface area contributed by atoms with Crippen molar-refractivity contribution in [1.82, 2.24) is 14.7 Å². The molecule has 0 heterocycles. The van der Waals surface area contributed by atoms with E-state index in [2.05, 4.69) is 35.5 Å². The van der Waals surface area contributed by atoms with Crippen LogP contribution in [0.4, 0.5) is 0 Å². The highest BCUT2D eigenvalue weighted by molar-refractivity contribution is 5.76. The fraction of sp³-hybridized carbons (Fsp3) is 0.967. The molecule has 0 saturated heterocycles. The molecular weight excluding hydrogens is 839 g/mol. The van der Waals surface area contributed by atoms with E-state index in [9.17, 15) is 14.7 Å². The lowest BCUT2D eigenvalue weighted by Crippen LogP contribution is -2.43. The Morgan fingerprint density at radius 1 is 0.397 bits per heavy atom. The lowest BCUT2D eigenvalue weighted by molar-refractivity contribution is -0.144.